The summed E-state index contributed by atoms with van der Waals surface area (Å²) in [7, 11) is 0. The summed E-state index contributed by atoms with van der Waals surface area (Å²) in [6, 6.07) is 17.8. The van der Waals surface area contributed by atoms with E-state index < -0.39 is 0 Å². The number of hydrogen-bond acceptors (Lipinski definition) is 3. The molecule has 3 aromatic rings. The first-order valence-corrected chi connectivity index (χ1v) is 9.58. The largest absolute Gasteiger partial charge is 0.456 e. The van der Waals surface area contributed by atoms with Crippen molar-refractivity contribution in [2.45, 2.75) is 39.3 Å². The third-order valence-corrected chi connectivity index (χ3v) is 4.77. The van der Waals surface area contributed by atoms with Crippen LogP contribution < -0.4 is 0 Å². The van der Waals surface area contributed by atoms with Crippen LogP contribution in [0.2, 0.25) is 0 Å². The van der Waals surface area contributed by atoms with E-state index >= 15 is 0 Å². The Hall–Kier alpha value is -3.08. The van der Waals surface area contributed by atoms with Crippen LogP contribution >= 0.6 is 0 Å². The van der Waals surface area contributed by atoms with Crippen molar-refractivity contribution in [3.63, 3.8) is 0 Å². The van der Waals surface area contributed by atoms with Gasteiger partial charge in [-0.25, -0.2) is 0 Å². The van der Waals surface area contributed by atoms with Crippen molar-refractivity contribution >= 4 is 22.8 Å². The fourth-order valence-electron chi connectivity index (χ4n) is 3.21. The molecular weight excluding hydrogens is 352 g/mol. The quantitative estimate of drug-likeness (QED) is 0.601. The molecule has 0 unspecified atom stereocenters. The summed E-state index contributed by atoms with van der Waals surface area (Å²) in [6.45, 7) is 4.20. The predicted octanol–water partition coefficient (Wildman–Crippen LogP) is 4.08. The normalized spacial score (nSPS) is 11.0. The first-order chi connectivity index (χ1) is 13.5. The molecule has 0 aliphatic carbocycles. The van der Waals surface area contributed by atoms with Crippen molar-refractivity contribution in [1.82, 2.24) is 9.88 Å². The number of rotatable bonds is 8. The smallest absolute Gasteiger partial charge is 0.306 e. The summed E-state index contributed by atoms with van der Waals surface area (Å²) < 4.78 is 5.24. The molecule has 0 aliphatic rings. The van der Waals surface area contributed by atoms with Crippen LogP contribution in [-0.4, -0.2) is 34.4 Å². The number of aryl methyl sites for hydroxylation is 1. The molecule has 5 heteroatoms. The summed E-state index contributed by atoms with van der Waals surface area (Å²) in [5.41, 5.74) is 3.18. The van der Waals surface area contributed by atoms with Crippen LogP contribution in [0.25, 0.3) is 10.9 Å². The fourth-order valence-corrected chi connectivity index (χ4v) is 3.21. The van der Waals surface area contributed by atoms with Gasteiger partial charge in [-0.2, -0.15) is 0 Å². The average molecular weight is 378 g/mol. The van der Waals surface area contributed by atoms with E-state index in [9.17, 15) is 9.59 Å². The van der Waals surface area contributed by atoms with Crippen LogP contribution in [0.1, 0.15) is 31.4 Å². The van der Waals surface area contributed by atoms with Crippen molar-refractivity contribution < 1.29 is 14.3 Å². The number of H-pyrrole nitrogens is 1. The minimum absolute atomic E-state index is 0.0256. The van der Waals surface area contributed by atoms with Gasteiger partial charge in [0.1, 0.15) is 0 Å². The average Bonchev–Trinajstić information content (AvgIpc) is 3.12. The zero-order chi connectivity index (χ0) is 19.9. The van der Waals surface area contributed by atoms with E-state index in [4.69, 9.17) is 4.74 Å². The van der Waals surface area contributed by atoms with Gasteiger partial charge in [0, 0.05) is 36.1 Å². The lowest BCUT2D eigenvalue weighted by molar-refractivity contribution is -0.153. The molecule has 3 rings (SSSR count). The molecule has 0 atom stereocenters. The third kappa shape index (κ3) is 5.00. The Bertz CT molecular complexity index is 931. The summed E-state index contributed by atoms with van der Waals surface area (Å²) >= 11 is 0. The number of carbonyl (C=O) groups excluding carboxylic acids is 2. The Balaban J connectivity index is 1.50. The highest BCUT2D eigenvalue weighted by Crippen LogP contribution is 2.19. The lowest BCUT2D eigenvalue weighted by Crippen LogP contribution is -2.39. The number of fused-ring (bicyclic) bond motifs is 1. The number of aromatic nitrogens is 1. The van der Waals surface area contributed by atoms with Crippen molar-refractivity contribution in [2.24, 2.45) is 0 Å². The molecule has 0 saturated carbocycles. The number of carbonyl (C=O) groups is 2. The van der Waals surface area contributed by atoms with Crippen LogP contribution in [0.4, 0.5) is 0 Å². The topological polar surface area (TPSA) is 62.4 Å². The van der Waals surface area contributed by atoms with Gasteiger partial charge >= 0.3 is 5.97 Å². The number of para-hydroxylation sites is 1. The Morgan fingerprint density at radius 3 is 2.50 bits per heavy atom. The Morgan fingerprint density at radius 2 is 1.75 bits per heavy atom. The summed E-state index contributed by atoms with van der Waals surface area (Å²) in [5, 5.41) is 1.11. The molecule has 0 fully saturated rings. The first kappa shape index (κ1) is 19.7. The number of ether oxygens (including phenoxy) is 1. The molecular formula is C23H26N2O3. The summed E-state index contributed by atoms with van der Waals surface area (Å²) in [4.78, 5) is 29.6. The highest BCUT2D eigenvalue weighted by Gasteiger charge is 2.19. The molecule has 2 aromatic carbocycles. The van der Waals surface area contributed by atoms with Crippen molar-refractivity contribution in [3.05, 3.63) is 71.9 Å². The van der Waals surface area contributed by atoms with E-state index in [1.165, 1.54) is 0 Å². The second kappa shape index (κ2) is 9.22. The minimum Gasteiger partial charge on any atom is -0.456 e. The van der Waals surface area contributed by atoms with E-state index in [2.05, 4.69) is 4.98 Å². The first-order valence-electron chi connectivity index (χ1n) is 9.58. The van der Waals surface area contributed by atoms with Gasteiger partial charge < -0.3 is 14.6 Å². The summed E-state index contributed by atoms with van der Waals surface area (Å²) in [5.74, 6) is -0.540. The molecule has 0 aliphatic heterocycles. The van der Waals surface area contributed by atoms with Crippen LogP contribution in [-0.2, 0) is 27.3 Å². The molecule has 5 nitrogen and oxygen atoms in total. The Labute approximate surface area is 165 Å². The molecule has 28 heavy (non-hydrogen) atoms. The maximum Gasteiger partial charge on any atom is 0.306 e. The zero-order valence-corrected chi connectivity index (χ0v) is 16.4. The molecule has 146 valence electrons. The summed E-state index contributed by atoms with van der Waals surface area (Å²) in [6.07, 6.45) is 2.74. The predicted molar refractivity (Wildman–Crippen MR) is 110 cm³/mol. The van der Waals surface area contributed by atoms with Crippen molar-refractivity contribution in [2.75, 3.05) is 6.61 Å². The van der Waals surface area contributed by atoms with Crippen molar-refractivity contribution in [3.8, 4) is 0 Å². The van der Waals surface area contributed by atoms with Gasteiger partial charge in [0.15, 0.2) is 6.61 Å². The van der Waals surface area contributed by atoms with Gasteiger partial charge in [0.05, 0.1) is 0 Å². The molecule has 0 saturated heterocycles. The van der Waals surface area contributed by atoms with E-state index in [-0.39, 0.29) is 30.9 Å². The van der Waals surface area contributed by atoms with Crippen LogP contribution in [0.3, 0.4) is 0 Å². The highest BCUT2D eigenvalue weighted by molar-refractivity contribution is 5.84. The number of nitrogens with zero attached hydrogens (tertiary/aromatic N) is 1. The number of benzene rings is 2. The van der Waals surface area contributed by atoms with Crippen molar-refractivity contribution in [1.29, 1.82) is 0 Å². The second-order valence-electron chi connectivity index (χ2n) is 7.12. The monoisotopic (exact) mass is 378 g/mol. The molecule has 1 aromatic heterocycles. The van der Waals surface area contributed by atoms with E-state index in [0.29, 0.717) is 13.0 Å². The Kier molecular flexibility index (Phi) is 6.48. The van der Waals surface area contributed by atoms with E-state index in [1.807, 2.05) is 74.6 Å². The third-order valence-electron chi connectivity index (χ3n) is 4.77. The number of hydrogen-bond donors (Lipinski definition) is 1. The highest BCUT2D eigenvalue weighted by atomic mass is 16.5. The minimum atomic E-state index is -0.359. The number of amides is 1. The molecule has 1 N–H and O–H groups in total. The second-order valence-corrected chi connectivity index (χ2v) is 7.12. The Morgan fingerprint density at radius 1 is 1.04 bits per heavy atom. The van der Waals surface area contributed by atoms with Gasteiger partial charge in [0.2, 0.25) is 0 Å². The molecule has 1 amide bonds. The number of esters is 1. The van der Waals surface area contributed by atoms with Gasteiger partial charge in [-0.05, 0) is 37.5 Å². The van der Waals surface area contributed by atoms with Crippen LogP contribution in [0.5, 0.6) is 0 Å². The fraction of sp³-hybridized carbons (Fsp3) is 0.304. The standard InChI is InChI=1S/C23H26N2O3/c1-17(2)25(15-18-8-4-3-5-9-18)22(26)16-28-23(27)13-12-19-14-24-21-11-7-6-10-20(19)21/h3-11,14,17,24H,12-13,15-16H2,1-2H3. The van der Waals surface area contributed by atoms with Gasteiger partial charge in [-0.1, -0.05) is 48.5 Å². The van der Waals surface area contributed by atoms with Gasteiger partial charge in [0.25, 0.3) is 5.91 Å². The van der Waals surface area contributed by atoms with Gasteiger partial charge in [-0.15, -0.1) is 0 Å². The molecule has 0 spiro atoms. The van der Waals surface area contributed by atoms with E-state index in [0.717, 1.165) is 22.0 Å². The lowest BCUT2D eigenvalue weighted by atomic mass is 10.1. The van der Waals surface area contributed by atoms with Crippen LogP contribution in [0, 0.1) is 0 Å². The maximum absolute atomic E-state index is 12.5. The zero-order valence-electron chi connectivity index (χ0n) is 16.4. The van der Waals surface area contributed by atoms with Gasteiger partial charge in [-0.3, -0.25) is 9.59 Å². The number of nitrogens with one attached hydrogen (secondary N) is 1. The molecule has 0 bridgehead atoms. The maximum atomic E-state index is 12.5. The van der Waals surface area contributed by atoms with Crippen LogP contribution in [0.15, 0.2) is 60.8 Å². The lowest BCUT2D eigenvalue weighted by Gasteiger charge is -2.26. The van der Waals surface area contributed by atoms with E-state index in [1.54, 1.807) is 4.90 Å². The molecule has 1 heterocycles. The molecule has 0 radical (unpaired) electrons. The SMILES string of the molecule is CC(C)N(Cc1ccccc1)C(=O)COC(=O)CCc1c[nH]c2ccccc12. The number of aromatic amines is 1.